The number of hydrogen-bond donors (Lipinski definition) is 0. The average Bonchev–Trinajstić information content (AvgIpc) is 3.11. The highest BCUT2D eigenvalue weighted by molar-refractivity contribution is 5.67. The summed E-state index contributed by atoms with van der Waals surface area (Å²) in [6, 6.07) is 13.5. The van der Waals surface area contributed by atoms with Gasteiger partial charge in [-0.25, -0.2) is 9.50 Å². The van der Waals surface area contributed by atoms with E-state index in [-0.39, 0.29) is 0 Å². The fourth-order valence-corrected chi connectivity index (χ4v) is 2.74. The Hall–Kier alpha value is -3.41. The minimum Gasteiger partial charge on any atom is -0.493 e. The molecule has 0 spiro atoms. The topological polar surface area (TPSA) is 61.5 Å². The summed E-state index contributed by atoms with van der Waals surface area (Å²) in [7, 11) is 3.24. The van der Waals surface area contributed by atoms with Gasteiger partial charge in [-0.3, -0.25) is 4.98 Å². The van der Waals surface area contributed by atoms with Crippen LogP contribution < -0.4 is 9.47 Å². The SMILES string of the molecule is COc1ccc(-c2ccc3ncc(-c4ccncc4)n3n2)cc1OC. The van der Waals surface area contributed by atoms with Crippen molar-refractivity contribution in [2.45, 2.75) is 0 Å². The highest BCUT2D eigenvalue weighted by Gasteiger charge is 2.11. The molecule has 0 aliphatic rings. The number of methoxy groups -OCH3 is 2. The predicted octanol–water partition coefficient (Wildman–Crippen LogP) is 3.48. The molecule has 3 heterocycles. The molecule has 0 radical (unpaired) electrons. The molecule has 25 heavy (non-hydrogen) atoms. The first-order valence-corrected chi connectivity index (χ1v) is 7.78. The number of hydrogen-bond acceptors (Lipinski definition) is 5. The molecule has 0 aliphatic carbocycles. The summed E-state index contributed by atoms with van der Waals surface area (Å²) >= 11 is 0. The van der Waals surface area contributed by atoms with Crippen LogP contribution in [0.1, 0.15) is 0 Å². The predicted molar refractivity (Wildman–Crippen MR) is 94.8 cm³/mol. The molecule has 124 valence electrons. The summed E-state index contributed by atoms with van der Waals surface area (Å²) in [5.74, 6) is 1.36. The number of imidazole rings is 1. The maximum atomic E-state index is 5.39. The number of fused-ring (bicyclic) bond motifs is 1. The lowest BCUT2D eigenvalue weighted by Gasteiger charge is -2.10. The van der Waals surface area contributed by atoms with Crippen molar-refractivity contribution in [3.63, 3.8) is 0 Å². The van der Waals surface area contributed by atoms with E-state index in [4.69, 9.17) is 14.6 Å². The van der Waals surface area contributed by atoms with E-state index in [2.05, 4.69) is 9.97 Å². The van der Waals surface area contributed by atoms with Crippen LogP contribution in [0.3, 0.4) is 0 Å². The zero-order valence-electron chi connectivity index (χ0n) is 13.9. The molecule has 0 bridgehead atoms. The van der Waals surface area contributed by atoms with Gasteiger partial charge in [0.1, 0.15) is 0 Å². The Bertz CT molecular complexity index is 1030. The Labute approximate surface area is 144 Å². The van der Waals surface area contributed by atoms with E-state index in [9.17, 15) is 0 Å². The van der Waals surface area contributed by atoms with Crippen LogP contribution in [0.2, 0.25) is 0 Å². The number of aromatic nitrogens is 4. The minimum atomic E-state index is 0.668. The van der Waals surface area contributed by atoms with Crippen molar-refractivity contribution in [2.75, 3.05) is 14.2 Å². The van der Waals surface area contributed by atoms with E-state index in [1.54, 1.807) is 26.6 Å². The molecule has 0 fully saturated rings. The first-order chi connectivity index (χ1) is 12.3. The van der Waals surface area contributed by atoms with Crippen LogP contribution in [0.25, 0.3) is 28.2 Å². The second-order valence-corrected chi connectivity index (χ2v) is 5.44. The number of rotatable bonds is 4. The van der Waals surface area contributed by atoms with Crippen molar-refractivity contribution < 1.29 is 9.47 Å². The Morgan fingerprint density at radius 2 is 1.64 bits per heavy atom. The molecule has 4 rings (SSSR count). The number of pyridine rings is 1. The molecule has 0 aliphatic heterocycles. The van der Waals surface area contributed by atoms with E-state index in [1.165, 1.54) is 0 Å². The molecule has 0 unspecified atom stereocenters. The highest BCUT2D eigenvalue weighted by atomic mass is 16.5. The van der Waals surface area contributed by atoms with Gasteiger partial charge in [-0.1, -0.05) is 0 Å². The van der Waals surface area contributed by atoms with Gasteiger partial charge < -0.3 is 9.47 Å². The molecule has 3 aromatic heterocycles. The van der Waals surface area contributed by atoms with Crippen LogP contribution >= 0.6 is 0 Å². The lowest BCUT2D eigenvalue weighted by molar-refractivity contribution is 0.355. The lowest BCUT2D eigenvalue weighted by Crippen LogP contribution is -1.97. The van der Waals surface area contributed by atoms with Gasteiger partial charge in [0, 0.05) is 23.5 Å². The van der Waals surface area contributed by atoms with Gasteiger partial charge in [0.25, 0.3) is 0 Å². The van der Waals surface area contributed by atoms with Gasteiger partial charge in [-0.2, -0.15) is 5.10 Å². The number of ether oxygens (including phenoxy) is 2. The highest BCUT2D eigenvalue weighted by Crippen LogP contribution is 2.32. The molecule has 0 atom stereocenters. The summed E-state index contributed by atoms with van der Waals surface area (Å²) < 4.78 is 12.5. The van der Waals surface area contributed by atoms with Crippen molar-refractivity contribution in [1.29, 1.82) is 0 Å². The first-order valence-electron chi connectivity index (χ1n) is 7.78. The maximum Gasteiger partial charge on any atom is 0.161 e. The third-order valence-electron chi connectivity index (χ3n) is 4.02. The van der Waals surface area contributed by atoms with E-state index in [0.717, 1.165) is 28.2 Å². The second kappa shape index (κ2) is 6.24. The molecule has 0 saturated carbocycles. The largest absolute Gasteiger partial charge is 0.493 e. The monoisotopic (exact) mass is 332 g/mol. The van der Waals surface area contributed by atoms with Gasteiger partial charge >= 0.3 is 0 Å². The molecule has 4 aromatic rings. The summed E-state index contributed by atoms with van der Waals surface area (Å²) in [5, 5.41) is 4.75. The fraction of sp³-hybridized carbons (Fsp3) is 0.105. The van der Waals surface area contributed by atoms with E-state index < -0.39 is 0 Å². The normalized spacial score (nSPS) is 10.8. The van der Waals surface area contributed by atoms with Crippen molar-refractivity contribution in [2.24, 2.45) is 0 Å². The molecule has 0 saturated heterocycles. The smallest absolute Gasteiger partial charge is 0.161 e. The van der Waals surface area contributed by atoms with E-state index in [1.807, 2.05) is 53.2 Å². The van der Waals surface area contributed by atoms with E-state index >= 15 is 0 Å². The summed E-state index contributed by atoms with van der Waals surface area (Å²) in [6.45, 7) is 0. The van der Waals surface area contributed by atoms with Gasteiger partial charge in [-0.15, -0.1) is 0 Å². The fourth-order valence-electron chi connectivity index (χ4n) is 2.74. The van der Waals surface area contributed by atoms with Gasteiger partial charge in [0.15, 0.2) is 17.1 Å². The Morgan fingerprint density at radius 1 is 0.840 bits per heavy atom. The summed E-state index contributed by atoms with van der Waals surface area (Å²) in [6.07, 6.45) is 5.33. The van der Waals surface area contributed by atoms with Crippen LogP contribution in [0.15, 0.2) is 61.1 Å². The molecule has 0 N–H and O–H groups in total. The maximum absolute atomic E-state index is 5.39. The van der Waals surface area contributed by atoms with Crippen LogP contribution in [-0.4, -0.2) is 33.8 Å². The van der Waals surface area contributed by atoms with Gasteiger partial charge in [0.2, 0.25) is 0 Å². The summed E-state index contributed by atoms with van der Waals surface area (Å²) in [5.41, 5.74) is 4.48. The van der Waals surface area contributed by atoms with Crippen LogP contribution in [0.5, 0.6) is 11.5 Å². The molecule has 0 amide bonds. The van der Waals surface area contributed by atoms with Crippen LogP contribution in [0.4, 0.5) is 0 Å². The Morgan fingerprint density at radius 3 is 2.40 bits per heavy atom. The molecule has 1 aromatic carbocycles. The quantitative estimate of drug-likeness (QED) is 0.572. The lowest BCUT2D eigenvalue weighted by atomic mass is 10.1. The van der Waals surface area contributed by atoms with Crippen molar-refractivity contribution in [3.05, 3.63) is 61.1 Å². The number of benzene rings is 1. The zero-order valence-corrected chi connectivity index (χ0v) is 13.9. The standard InChI is InChI=1S/C19H16N4O2/c1-24-17-5-3-14(11-18(17)25-2)15-4-6-19-21-12-16(23(19)22-15)13-7-9-20-10-8-13/h3-12H,1-2H3. The molecule has 6 nitrogen and oxygen atoms in total. The number of nitrogens with zero attached hydrogens (tertiary/aromatic N) is 4. The van der Waals surface area contributed by atoms with Crippen molar-refractivity contribution >= 4 is 5.65 Å². The average molecular weight is 332 g/mol. The van der Waals surface area contributed by atoms with Gasteiger partial charge in [0.05, 0.1) is 31.8 Å². The molecular formula is C19H16N4O2. The van der Waals surface area contributed by atoms with Crippen molar-refractivity contribution in [3.8, 4) is 34.0 Å². The van der Waals surface area contributed by atoms with E-state index in [0.29, 0.717) is 11.5 Å². The van der Waals surface area contributed by atoms with Crippen LogP contribution in [0, 0.1) is 0 Å². The molecule has 6 heteroatoms. The van der Waals surface area contributed by atoms with Crippen molar-refractivity contribution in [1.82, 2.24) is 19.6 Å². The summed E-state index contributed by atoms with van der Waals surface area (Å²) in [4.78, 5) is 8.49. The Balaban J connectivity index is 1.84. The first kappa shape index (κ1) is 15.1. The Kier molecular flexibility index (Phi) is 3.78. The van der Waals surface area contributed by atoms with Gasteiger partial charge in [-0.05, 0) is 42.5 Å². The zero-order chi connectivity index (χ0) is 17.2. The van der Waals surface area contributed by atoms with Crippen LogP contribution in [-0.2, 0) is 0 Å². The third kappa shape index (κ3) is 2.67. The molecular weight excluding hydrogens is 316 g/mol. The third-order valence-corrected chi connectivity index (χ3v) is 4.02. The second-order valence-electron chi connectivity index (χ2n) is 5.44. The minimum absolute atomic E-state index is 0.668.